The molecule has 0 aromatic heterocycles. The number of carbonyl (C=O) groups excluding carboxylic acids is 3. The number of nitrogens with zero attached hydrogens (tertiary/aromatic N) is 2. The molecule has 1 aliphatic carbocycles. The Kier molecular flexibility index (Phi) is 5.44. The Balaban J connectivity index is 0.00000208. The molecule has 2 aliphatic heterocycles. The number of hydrogen-bond donors (Lipinski definition) is 2. The Morgan fingerprint density at radius 2 is 1.88 bits per heavy atom. The predicted octanol–water partition coefficient (Wildman–Crippen LogP) is 0.715. The summed E-state index contributed by atoms with van der Waals surface area (Å²) in [5, 5.41) is 2.77. The first-order chi connectivity index (χ1) is 10.8. The van der Waals surface area contributed by atoms with E-state index in [0.717, 1.165) is 30.6 Å². The highest BCUT2D eigenvalue weighted by Crippen LogP contribution is 2.42. The topological polar surface area (TPSA) is 95.7 Å². The van der Waals surface area contributed by atoms with E-state index in [0.29, 0.717) is 19.0 Å². The zero-order chi connectivity index (χ0) is 16.8. The molecule has 2 atom stereocenters. The molecule has 4 amide bonds. The van der Waals surface area contributed by atoms with Gasteiger partial charge in [-0.2, -0.15) is 0 Å². The van der Waals surface area contributed by atoms with Gasteiger partial charge in [0.1, 0.15) is 12.1 Å². The highest BCUT2D eigenvalue weighted by atomic mass is 35.5. The molecular weight excluding hydrogens is 332 g/mol. The van der Waals surface area contributed by atoms with Crippen LogP contribution in [0.15, 0.2) is 0 Å². The maximum atomic E-state index is 12.5. The van der Waals surface area contributed by atoms with Crippen LogP contribution in [0.1, 0.15) is 39.5 Å². The van der Waals surface area contributed by atoms with Gasteiger partial charge < -0.3 is 16.0 Å². The van der Waals surface area contributed by atoms with Gasteiger partial charge in [-0.05, 0) is 51.4 Å². The Labute approximate surface area is 148 Å². The fraction of sp³-hybridized carbons (Fsp3) is 0.812. The van der Waals surface area contributed by atoms with Crippen LogP contribution in [-0.2, 0) is 9.59 Å². The molecule has 24 heavy (non-hydrogen) atoms. The summed E-state index contributed by atoms with van der Waals surface area (Å²) < 4.78 is 0. The third kappa shape index (κ3) is 3.37. The van der Waals surface area contributed by atoms with E-state index >= 15 is 0 Å². The van der Waals surface area contributed by atoms with Crippen LogP contribution in [0, 0.1) is 11.8 Å². The van der Waals surface area contributed by atoms with Crippen LogP contribution < -0.4 is 11.1 Å². The summed E-state index contributed by atoms with van der Waals surface area (Å²) in [5.74, 6) is 0.232. The molecular formula is C16H27ClN4O3. The van der Waals surface area contributed by atoms with Crippen molar-refractivity contribution in [3.05, 3.63) is 0 Å². The molecule has 3 rings (SSSR count). The number of likely N-dealkylation sites (tertiary alicyclic amines) is 1. The molecule has 3 aliphatic rings. The van der Waals surface area contributed by atoms with Gasteiger partial charge in [-0.3, -0.25) is 14.5 Å². The second-order valence-electron chi connectivity index (χ2n) is 7.38. The highest BCUT2D eigenvalue weighted by molar-refractivity contribution is 6.09. The van der Waals surface area contributed by atoms with E-state index in [-0.39, 0.29) is 42.7 Å². The summed E-state index contributed by atoms with van der Waals surface area (Å²) in [6, 6.07) is -0.305. The minimum Gasteiger partial charge on any atom is -0.341 e. The summed E-state index contributed by atoms with van der Waals surface area (Å²) >= 11 is 0. The SMILES string of the molecule is CC(N)C1CCN(C(=O)CN2C(=O)NC(C)(C3CC3)C2=O)CC1.Cl. The van der Waals surface area contributed by atoms with Crippen LogP contribution in [0.4, 0.5) is 4.79 Å². The highest BCUT2D eigenvalue weighted by Gasteiger charge is 2.56. The number of rotatable bonds is 4. The van der Waals surface area contributed by atoms with Gasteiger partial charge in [-0.1, -0.05) is 0 Å². The van der Waals surface area contributed by atoms with Gasteiger partial charge >= 0.3 is 6.03 Å². The van der Waals surface area contributed by atoms with Gasteiger partial charge in [0, 0.05) is 19.1 Å². The molecule has 3 fully saturated rings. The van der Waals surface area contributed by atoms with Crippen LogP contribution in [-0.4, -0.2) is 58.9 Å². The zero-order valence-corrected chi connectivity index (χ0v) is 15.1. The average Bonchev–Trinajstić information content (AvgIpc) is 3.33. The lowest BCUT2D eigenvalue weighted by Gasteiger charge is -2.34. The molecule has 1 saturated carbocycles. The lowest BCUT2D eigenvalue weighted by Crippen LogP contribution is -2.49. The number of carbonyl (C=O) groups is 3. The smallest absolute Gasteiger partial charge is 0.325 e. The van der Waals surface area contributed by atoms with E-state index in [4.69, 9.17) is 5.73 Å². The molecule has 0 bridgehead atoms. The summed E-state index contributed by atoms with van der Waals surface area (Å²) in [6.45, 7) is 4.90. The molecule has 3 N–H and O–H groups in total. The number of piperidine rings is 1. The second-order valence-corrected chi connectivity index (χ2v) is 7.38. The first-order valence-electron chi connectivity index (χ1n) is 8.50. The number of hydrogen-bond acceptors (Lipinski definition) is 4. The fourth-order valence-corrected chi connectivity index (χ4v) is 3.71. The number of amides is 4. The Hall–Kier alpha value is -1.34. The van der Waals surface area contributed by atoms with E-state index in [9.17, 15) is 14.4 Å². The molecule has 7 nitrogen and oxygen atoms in total. The first-order valence-corrected chi connectivity index (χ1v) is 8.50. The van der Waals surface area contributed by atoms with Crippen LogP contribution in [0.25, 0.3) is 0 Å². The Morgan fingerprint density at radius 3 is 2.38 bits per heavy atom. The lowest BCUT2D eigenvalue weighted by molar-refractivity contribution is -0.139. The number of imide groups is 1. The molecule has 0 aromatic rings. The van der Waals surface area contributed by atoms with E-state index in [2.05, 4.69) is 5.32 Å². The zero-order valence-electron chi connectivity index (χ0n) is 14.3. The number of nitrogens with two attached hydrogens (primary N) is 1. The van der Waals surface area contributed by atoms with Crippen molar-refractivity contribution < 1.29 is 14.4 Å². The molecule has 2 saturated heterocycles. The summed E-state index contributed by atoms with van der Waals surface area (Å²) in [4.78, 5) is 39.9. The summed E-state index contributed by atoms with van der Waals surface area (Å²) in [6.07, 6.45) is 3.66. The molecule has 8 heteroatoms. The third-order valence-electron chi connectivity index (χ3n) is 5.62. The van der Waals surface area contributed by atoms with Gasteiger partial charge in [0.15, 0.2) is 0 Å². The lowest BCUT2D eigenvalue weighted by atomic mass is 9.91. The van der Waals surface area contributed by atoms with Crippen molar-refractivity contribution in [1.82, 2.24) is 15.1 Å². The molecule has 0 radical (unpaired) electrons. The van der Waals surface area contributed by atoms with Gasteiger partial charge in [0.25, 0.3) is 5.91 Å². The Morgan fingerprint density at radius 1 is 1.29 bits per heavy atom. The van der Waals surface area contributed by atoms with Crippen molar-refractivity contribution in [2.75, 3.05) is 19.6 Å². The van der Waals surface area contributed by atoms with Crippen molar-refractivity contribution >= 4 is 30.3 Å². The van der Waals surface area contributed by atoms with Crippen LogP contribution >= 0.6 is 12.4 Å². The fourth-order valence-electron chi connectivity index (χ4n) is 3.71. The number of urea groups is 1. The molecule has 0 spiro atoms. The van der Waals surface area contributed by atoms with Gasteiger partial charge in [0.2, 0.25) is 5.91 Å². The first kappa shape index (κ1) is 19.0. The molecule has 136 valence electrons. The largest absolute Gasteiger partial charge is 0.341 e. The normalized spacial score (nSPS) is 29.3. The van der Waals surface area contributed by atoms with Gasteiger partial charge in [0.05, 0.1) is 0 Å². The van der Waals surface area contributed by atoms with Crippen molar-refractivity contribution in [2.24, 2.45) is 17.6 Å². The van der Waals surface area contributed by atoms with Crippen LogP contribution in [0.2, 0.25) is 0 Å². The van der Waals surface area contributed by atoms with Crippen LogP contribution in [0.5, 0.6) is 0 Å². The van der Waals surface area contributed by atoms with Crippen LogP contribution in [0.3, 0.4) is 0 Å². The van der Waals surface area contributed by atoms with E-state index in [1.54, 1.807) is 11.8 Å². The number of nitrogens with one attached hydrogen (secondary N) is 1. The molecule has 2 unspecified atom stereocenters. The predicted molar refractivity (Wildman–Crippen MR) is 91.6 cm³/mol. The maximum Gasteiger partial charge on any atom is 0.325 e. The Bertz CT molecular complexity index is 529. The van der Waals surface area contributed by atoms with Crippen molar-refractivity contribution in [2.45, 2.75) is 51.1 Å². The van der Waals surface area contributed by atoms with Crippen molar-refractivity contribution in [3.63, 3.8) is 0 Å². The van der Waals surface area contributed by atoms with E-state index < -0.39 is 11.6 Å². The minimum atomic E-state index is -0.820. The van der Waals surface area contributed by atoms with Gasteiger partial charge in [-0.15, -0.1) is 12.4 Å². The quantitative estimate of drug-likeness (QED) is 0.723. The second kappa shape index (κ2) is 6.88. The number of halogens is 1. The minimum absolute atomic E-state index is 0. The van der Waals surface area contributed by atoms with Crippen molar-refractivity contribution in [3.8, 4) is 0 Å². The maximum absolute atomic E-state index is 12.5. The van der Waals surface area contributed by atoms with E-state index in [1.807, 2.05) is 6.92 Å². The van der Waals surface area contributed by atoms with Crippen molar-refractivity contribution in [1.29, 1.82) is 0 Å². The van der Waals surface area contributed by atoms with Gasteiger partial charge in [-0.25, -0.2) is 4.79 Å². The molecule has 2 heterocycles. The van der Waals surface area contributed by atoms with E-state index in [1.165, 1.54) is 0 Å². The average molecular weight is 359 g/mol. The third-order valence-corrected chi connectivity index (χ3v) is 5.62. The molecule has 0 aromatic carbocycles. The summed E-state index contributed by atoms with van der Waals surface area (Å²) in [7, 11) is 0. The standard InChI is InChI=1S/C16H26N4O3.ClH/c1-10(17)11-5-7-19(8-6-11)13(21)9-20-14(22)16(2,12-3-4-12)18-15(20)23;/h10-12H,3-9,17H2,1-2H3,(H,18,23);1H. The summed E-state index contributed by atoms with van der Waals surface area (Å²) in [5.41, 5.74) is 5.09. The monoisotopic (exact) mass is 358 g/mol.